The van der Waals surface area contributed by atoms with Gasteiger partial charge in [-0.3, -0.25) is 0 Å². The van der Waals surface area contributed by atoms with E-state index in [0.29, 0.717) is 16.8 Å². The molecular formula is C16H12N2O5S. The number of aromatic carboxylic acids is 1. The molecule has 0 saturated heterocycles. The van der Waals surface area contributed by atoms with Crippen LogP contribution in [0.4, 0.5) is 0 Å². The Morgan fingerprint density at radius 1 is 1.00 bits per heavy atom. The van der Waals surface area contributed by atoms with Crippen LogP contribution in [0.3, 0.4) is 0 Å². The number of carbonyl (C=O) groups is 1. The third kappa shape index (κ3) is 3.05. The Morgan fingerprint density at radius 2 is 1.62 bits per heavy atom. The number of aromatic nitrogens is 1. The van der Waals surface area contributed by atoms with Crippen molar-refractivity contribution < 1.29 is 22.7 Å². The van der Waals surface area contributed by atoms with E-state index in [0.717, 1.165) is 0 Å². The van der Waals surface area contributed by atoms with E-state index in [9.17, 15) is 13.2 Å². The van der Waals surface area contributed by atoms with Gasteiger partial charge in [-0.1, -0.05) is 42.5 Å². The minimum absolute atomic E-state index is 0.0468. The average Bonchev–Trinajstić information content (AvgIpc) is 3.00. The van der Waals surface area contributed by atoms with E-state index >= 15 is 0 Å². The standard InChI is InChI=1S/C16H12N2O5S/c17-24(21,22)12-8-6-10(7-9-12)13-14(11-4-2-1-3-5-11)23-15(18-13)16(19)20/h1-9H,(H,19,20)(H2,17,21,22). The van der Waals surface area contributed by atoms with Gasteiger partial charge in [0.2, 0.25) is 10.0 Å². The van der Waals surface area contributed by atoms with Crippen LogP contribution < -0.4 is 5.14 Å². The van der Waals surface area contributed by atoms with Crippen molar-refractivity contribution in [1.82, 2.24) is 4.98 Å². The molecule has 3 rings (SSSR count). The maximum atomic E-state index is 11.3. The van der Waals surface area contributed by atoms with Gasteiger partial charge in [-0.05, 0) is 12.1 Å². The molecule has 0 fully saturated rings. The summed E-state index contributed by atoms with van der Waals surface area (Å²) < 4.78 is 28.0. The van der Waals surface area contributed by atoms with Crippen molar-refractivity contribution in [3.63, 3.8) is 0 Å². The summed E-state index contributed by atoms with van der Waals surface area (Å²) >= 11 is 0. The summed E-state index contributed by atoms with van der Waals surface area (Å²) in [7, 11) is -3.81. The Morgan fingerprint density at radius 3 is 2.17 bits per heavy atom. The minimum atomic E-state index is -3.81. The maximum Gasteiger partial charge on any atom is 0.392 e. The quantitative estimate of drug-likeness (QED) is 0.749. The molecular weight excluding hydrogens is 332 g/mol. The van der Waals surface area contributed by atoms with Crippen molar-refractivity contribution in [1.29, 1.82) is 0 Å². The molecule has 8 heteroatoms. The number of hydrogen-bond donors (Lipinski definition) is 2. The van der Waals surface area contributed by atoms with Gasteiger partial charge in [0.1, 0.15) is 5.69 Å². The SMILES string of the molecule is NS(=O)(=O)c1ccc(-c2nc(C(=O)O)oc2-c2ccccc2)cc1. The zero-order valence-corrected chi connectivity index (χ0v) is 13.0. The van der Waals surface area contributed by atoms with Gasteiger partial charge < -0.3 is 9.52 Å². The van der Waals surface area contributed by atoms with Crippen molar-refractivity contribution in [2.24, 2.45) is 5.14 Å². The van der Waals surface area contributed by atoms with E-state index in [2.05, 4.69) is 4.98 Å². The molecule has 3 aromatic rings. The van der Waals surface area contributed by atoms with Gasteiger partial charge in [0.25, 0.3) is 0 Å². The molecule has 0 atom stereocenters. The highest BCUT2D eigenvalue weighted by Crippen LogP contribution is 2.33. The van der Waals surface area contributed by atoms with Gasteiger partial charge in [0, 0.05) is 11.1 Å². The second-order valence-corrected chi connectivity index (χ2v) is 6.50. The van der Waals surface area contributed by atoms with Gasteiger partial charge >= 0.3 is 11.9 Å². The molecule has 0 amide bonds. The molecule has 1 aromatic heterocycles. The zero-order chi connectivity index (χ0) is 17.3. The second-order valence-electron chi connectivity index (χ2n) is 4.94. The molecule has 0 unspecified atom stereocenters. The highest BCUT2D eigenvalue weighted by molar-refractivity contribution is 7.89. The summed E-state index contributed by atoms with van der Waals surface area (Å²) in [6.07, 6.45) is 0. The fourth-order valence-electron chi connectivity index (χ4n) is 2.19. The number of benzene rings is 2. The number of carboxylic acid groups (broad SMARTS) is 1. The number of primary sulfonamides is 1. The van der Waals surface area contributed by atoms with Gasteiger partial charge in [0.05, 0.1) is 4.90 Å². The number of hydrogen-bond acceptors (Lipinski definition) is 5. The van der Waals surface area contributed by atoms with E-state index in [1.807, 2.05) is 6.07 Å². The summed E-state index contributed by atoms with van der Waals surface area (Å²) in [6, 6.07) is 14.5. The van der Waals surface area contributed by atoms with Crippen LogP contribution in [0.2, 0.25) is 0 Å². The monoisotopic (exact) mass is 344 g/mol. The van der Waals surface area contributed by atoms with E-state index in [1.54, 1.807) is 24.3 Å². The second kappa shape index (κ2) is 5.91. The summed E-state index contributed by atoms with van der Waals surface area (Å²) in [5.74, 6) is -1.45. The maximum absolute atomic E-state index is 11.3. The van der Waals surface area contributed by atoms with Crippen LogP contribution >= 0.6 is 0 Å². The summed E-state index contributed by atoms with van der Waals surface area (Å²) in [6.45, 7) is 0. The van der Waals surface area contributed by atoms with E-state index in [1.165, 1.54) is 24.3 Å². The van der Waals surface area contributed by atoms with Gasteiger partial charge in [-0.25, -0.2) is 23.3 Å². The highest BCUT2D eigenvalue weighted by Gasteiger charge is 2.21. The summed E-state index contributed by atoms with van der Waals surface area (Å²) in [4.78, 5) is 15.1. The van der Waals surface area contributed by atoms with E-state index in [4.69, 9.17) is 14.7 Å². The topological polar surface area (TPSA) is 123 Å². The lowest BCUT2D eigenvalue weighted by Crippen LogP contribution is -2.11. The van der Waals surface area contributed by atoms with Gasteiger partial charge in [-0.2, -0.15) is 0 Å². The van der Waals surface area contributed by atoms with Crippen molar-refractivity contribution in [2.75, 3.05) is 0 Å². The largest absolute Gasteiger partial charge is 0.474 e. The van der Waals surface area contributed by atoms with Crippen LogP contribution in [-0.4, -0.2) is 24.5 Å². The fraction of sp³-hybridized carbons (Fsp3) is 0. The Hall–Kier alpha value is -2.97. The molecule has 0 bridgehead atoms. The predicted molar refractivity (Wildman–Crippen MR) is 85.7 cm³/mol. The first-order valence-electron chi connectivity index (χ1n) is 6.79. The molecule has 3 N–H and O–H groups in total. The fourth-order valence-corrected chi connectivity index (χ4v) is 2.71. The first-order valence-corrected chi connectivity index (χ1v) is 8.33. The Bertz CT molecular complexity index is 993. The normalized spacial score (nSPS) is 11.4. The first-order chi connectivity index (χ1) is 11.4. The van der Waals surface area contributed by atoms with Crippen molar-refractivity contribution in [3.8, 4) is 22.6 Å². The predicted octanol–water partition coefficient (Wildman–Crippen LogP) is 2.35. The molecule has 0 saturated carbocycles. The molecule has 122 valence electrons. The molecule has 24 heavy (non-hydrogen) atoms. The average molecular weight is 344 g/mol. The lowest BCUT2D eigenvalue weighted by Gasteiger charge is -2.03. The van der Waals surface area contributed by atoms with Crippen LogP contribution in [-0.2, 0) is 10.0 Å². The number of nitrogens with zero attached hydrogens (tertiary/aromatic N) is 1. The third-order valence-corrected chi connectivity index (χ3v) is 4.23. The van der Waals surface area contributed by atoms with Crippen molar-refractivity contribution in [3.05, 3.63) is 60.5 Å². The molecule has 2 aromatic carbocycles. The molecule has 0 spiro atoms. The summed E-state index contributed by atoms with van der Waals surface area (Å²) in [5.41, 5.74) is 1.47. The zero-order valence-electron chi connectivity index (χ0n) is 12.2. The van der Waals surface area contributed by atoms with Gasteiger partial charge in [-0.15, -0.1) is 0 Å². The van der Waals surface area contributed by atoms with Crippen LogP contribution in [0, 0.1) is 0 Å². The van der Waals surface area contributed by atoms with Crippen LogP contribution in [0.25, 0.3) is 22.6 Å². The minimum Gasteiger partial charge on any atom is -0.474 e. The van der Waals surface area contributed by atoms with Crippen LogP contribution in [0.5, 0.6) is 0 Å². The molecule has 7 nitrogen and oxygen atoms in total. The number of nitrogens with two attached hydrogens (primary N) is 1. The highest BCUT2D eigenvalue weighted by atomic mass is 32.2. The van der Waals surface area contributed by atoms with Crippen molar-refractivity contribution >= 4 is 16.0 Å². The van der Waals surface area contributed by atoms with Crippen LogP contribution in [0.1, 0.15) is 10.7 Å². The molecule has 0 aliphatic carbocycles. The number of rotatable bonds is 4. The molecule has 0 aliphatic rings. The number of oxazole rings is 1. The number of sulfonamides is 1. The molecule has 0 aliphatic heterocycles. The van der Waals surface area contributed by atoms with E-state index < -0.39 is 21.9 Å². The lowest BCUT2D eigenvalue weighted by atomic mass is 10.1. The molecule has 1 heterocycles. The Kier molecular flexibility index (Phi) is 3.92. The number of carboxylic acids is 1. The lowest BCUT2D eigenvalue weighted by molar-refractivity contribution is 0.0654. The van der Waals surface area contributed by atoms with E-state index in [-0.39, 0.29) is 10.7 Å². The van der Waals surface area contributed by atoms with Crippen LogP contribution in [0.15, 0.2) is 63.9 Å². The van der Waals surface area contributed by atoms with Gasteiger partial charge in [0.15, 0.2) is 5.76 Å². The summed E-state index contributed by atoms with van der Waals surface area (Å²) in [5, 5.41) is 14.2. The Labute approximate surface area is 137 Å². The molecule has 0 radical (unpaired) electrons. The van der Waals surface area contributed by atoms with Crippen molar-refractivity contribution in [2.45, 2.75) is 4.90 Å². The first kappa shape index (κ1) is 15.9. The third-order valence-electron chi connectivity index (χ3n) is 3.30. The smallest absolute Gasteiger partial charge is 0.392 e. The Balaban J connectivity index is 2.15.